The SMILES string of the molecule is CC(Sc1ccc(NC(=O)/C(=C/c2c(F)cccc2Cl)NC(=O)c2ccccc2)cc1)C(=O)n1c2ccccc2c2ccccc21. The quantitative estimate of drug-likeness (QED) is 0.128. The standard InChI is InChI=1S/C37H27ClFN3O3S/c1-23(37(45)42-33-16-7-5-12-27(33)28-13-6-8-17-34(28)42)46-26-20-18-25(19-21-26)40-36(44)32(22-29-30(38)14-9-15-31(29)39)41-35(43)24-10-3-2-4-11-24/h2-23H,1H3,(H,40,44)(H,41,43)/b32-22-. The number of anilines is 1. The summed E-state index contributed by atoms with van der Waals surface area (Å²) in [5, 5.41) is 7.07. The van der Waals surface area contributed by atoms with Crippen LogP contribution in [0.25, 0.3) is 27.9 Å². The molecule has 6 aromatic rings. The maximum absolute atomic E-state index is 14.6. The molecule has 0 radical (unpaired) electrons. The molecule has 46 heavy (non-hydrogen) atoms. The minimum Gasteiger partial charge on any atom is -0.321 e. The fourth-order valence-electron chi connectivity index (χ4n) is 5.15. The second-order valence-electron chi connectivity index (χ2n) is 10.5. The molecule has 1 heterocycles. The van der Waals surface area contributed by atoms with Gasteiger partial charge in [0.25, 0.3) is 11.8 Å². The molecule has 1 unspecified atom stereocenters. The van der Waals surface area contributed by atoms with Crippen molar-refractivity contribution >= 4 is 74.7 Å². The maximum Gasteiger partial charge on any atom is 0.272 e. The van der Waals surface area contributed by atoms with Crippen LogP contribution in [0.1, 0.15) is 27.6 Å². The van der Waals surface area contributed by atoms with Gasteiger partial charge in [0.05, 0.1) is 21.3 Å². The smallest absolute Gasteiger partial charge is 0.272 e. The van der Waals surface area contributed by atoms with Gasteiger partial charge in [0.2, 0.25) is 5.91 Å². The minimum atomic E-state index is -0.668. The first-order chi connectivity index (χ1) is 22.3. The average Bonchev–Trinajstić information content (AvgIpc) is 3.41. The third-order valence-corrected chi connectivity index (χ3v) is 8.82. The van der Waals surface area contributed by atoms with Gasteiger partial charge in [-0.1, -0.05) is 72.3 Å². The van der Waals surface area contributed by atoms with Gasteiger partial charge in [-0.15, -0.1) is 11.8 Å². The summed E-state index contributed by atoms with van der Waals surface area (Å²) in [5.41, 5.74) is 2.27. The van der Waals surface area contributed by atoms with E-state index in [-0.39, 0.29) is 22.2 Å². The number of hydrogen-bond donors (Lipinski definition) is 2. The number of hydrogen-bond acceptors (Lipinski definition) is 4. The Morgan fingerprint density at radius 1 is 0.783 bits per heavy atom. The highest BCUT2D eigenvalue weighted by atomic mass is 35.5. The highest BCUT2D eigenvalue weighted by Crippen LogP contribution is 2.32. The summed E-state index contributed by atoms with van der Waals surface area (Å²) in [6.07, 6.45) is 1.21. The van der Waals surface area contributed by atoms with E-state index in [0.717, 1.165) is 26.7 Å². The van der Waals surface area contributed by atoms with Crippen LogP contribution in [0.15, 0.2) is 132 Å². The Kier molecular flexibility index (Phi) is 9.01. The van der Waals surface area contributed by atoms with E-state index < -0.39 is 22.9 Å². The lowest BCUT2D eigenvalue weighted by molar-refractivity contribution is -0.113. The predicted octanol–water partition coefficient (Wildman–Crippen LogP) is 8.82. The van der Waals surface area contributed by atoms with Crippen LogP contribution in [0, 0.1) is 5.82 Å². The molecule has 1 aromatic heterocycles. The van der Waals surface area contributed by atoms with Crippen LogP contribution in [-0.4, -0.2) is 27.5 Å². The molecule has 0 aliphatic heterocycles. The Morgan fingerprint density at radius 3 is 2.02 bits per heavy atom. The van der Waals surface area contributed by atoms with Gasteiger partial charge in [-0.05, 0) is 73.7 Å². The first kappa shape index (κ1) is 30.8. The molecular weight excluding hydrogens is 621 g/mol. The van der Waals surface area contributed by atoms with Crippen molar-refractivity contribution in [2.24, 2.45) is 0 Å². The Hall–Kier alpha value is -5.18. The van der Waals surface area contributed by atoms with Gasteiger partial charge in [-0.25, -0.2) is 4.39 Å². The zero-order chi connectivity index (χ0) is 32.2. The molecule has 2 N–H and O–H groups in total. The summed E-state index contributed by atoms with van der Waals surface area (Å²) >= 11 is 7.61. The molecule has 6 nitrogen and oxygen atoms in total. The van der Waals surface area contributed by atoms with E-state index in [1.54, 1.807) is 59.2 Å². The molecule has 5 aromatic carbocycles. The van der Waals surface area contributed by atoms with Crippen LogP contribution in [0.3, 0.4) is 0 Å². The second kappa shape index (κ2) is 13.4. The number of halogens is 2. The van der Waals surface area contributed by atoms with Crippen molar-refractivity contribution in [3.05, 3.63) is 149 Å². The fraction of sp³-hybridized carbons (Fsp3) is 0.0541. The summed E-state index contributed by atoms with van der Waals surface area (Å²) in [6.45, 7) is 1.87. The van der Waals surface area contributed by atoms with Gasteiger partial charge in [-0.2, -0.15) is 0 Å². The van der Waals surface area contributed by atoms with Gasteiger partial charge >= 0.3 is 0 Å². The summed E-state index contributed by atoms with van der Waals surface area (Å²) < 4.78 is 16.4. The van der Waals surface area contributed by atoms with Crippen LogP contribution in [0.2, 0.25) is 5.02 Å². The molecule has 0 aliphatic carbocycles. The van der Waals surface area contributed by atoms with Crippen LogP contribution >= 0.6 is 23.4 Å². The molecule has 9 heteroatoms. The normalized spacial score (nSPS) is 12.2. The zero-order valence-electron chi connectivity index (χ0n) is 24.5. The number of amides is 2. The van der Waals surface area contributed by atoms with Crippen molar-refractivity contribution < 1.29 is 18.8 Å². The number of fused-ring (bicyclic) bond motifs is 3. The van der Waals surface area contributed by atoms with Gasteiger partial charge in [0.15, 0.2) is 0 Å². The number of benzene rings is 5. The molecule has 0 saturated heterocycles. The number of rotatable bonds is 8. The number of para-hydroxylation sites is 2. The molecule has 0 saturated carbocycles. The van der Waals surface area contributed by atoms with Crippen molar-refractivity contribution in [2.45, 2.75) is 17.1 Å². The number of carbonyl (C=O) groups excluding carboxylic acids is 3. The second-order valence-corrected chi connectivity index (χ2v) is 12.3. The largest absolute Gasteiger partial charge is 0.321 e. The fourth-order valence-corrected chi connectivity index (χ4v) is 6.27. The monoisotopic (exact) mass is 647 g/mol. The van der Waals surface area contributed by atoms with Crippen LogP contribution < -0.4 is 10.6 Å². The predicted molar refractivity (Wildman–Crippen MR) is 184 cm³/mol. The minimum absolute atomic E-state index is 0.0312. The van der Waals surface area contributed by atoms with Crippen molar-refractivity contribution in [1.82, 2.24) is 9.88 Å². The Morgan fingerprint density at radius 2 is 1.39 bits per heavy atom. The van der Waals surface area contributed by atoms with Crippen molar-refractivity contribution in [3.63, 3.8) is 0 Å². The third-order valence-electron chi connectivity index (χ3n) is 7.39. The lowest BCUT2D eigenvalue weighted by atomic mass is 10.1. The van der Waals surface area contributed by atoms with Crippen LogP contribution in [0.5, 0.6) is 0 Å². The highest BCUT2D eigenvalue weighted by molar-refractivity contribution is 8.00. The molecule has 1 atom stereocenters. The van der Waals surface area contributed by atoms with Gasteiger partial charge in [0, 0.05) is 32.5 Å². The summed E-state index contributed by atoms with van der Waals surface area (Å²) in [4.78, 5) is 40.9. The summed E-state index contributed by atoms with van der Waals surface area (Å²) in [7, 11) is 0. The number of carbonyl (C=O) groups is 3. The van der Waals surface area contributed by atoms with Gasteiger partial charge < -0.3 is 10.6 Å². The number of aromatic nitrogens is 1. The lowest BCUT2D eigenvalue weighted by Crippen LogP contribution is -2.30. The molecule has 0 aliphatic rings. The lowest BCUT2D eigenvalue weighted by Gasteiger charge is -2.14. The first-order valence-corrected chi connectivity index (χ1v) is 15.7. The molecule has 0 spiro atoms. The Labute approximate surface area is 273 Å². The molecular formula is C37H27ClFN3O3S. The van der Waals surface area contributed by atoms with Crippen LogP contribution in [0.4, 0.5) is 10.1 Å². The topological polar surface area (TPSA) is 80.2 Å². The Balaban J connectivity index is 1.20. The molecule has 2 amide bonds. The van der Waals surface area contributed by atoms with E-state index in [1.165, 1.54) is 36.0 Å². The number of nitrogens with one attached hydrogen (secondary N) is 2. The van der Waals surface area contributed by atoms with E-state index in [9.17, 15) is 18.8 Å². The third kappa shape index (κ3) is 6.44. The van der Waals surface area contributed by atoms with E-state index in [2.05, 4.69) is 10.6 Å². The highest BCUT2D eigenvalue weighted by Gasteiger charge is 2.22. The van der Waals surface area contributed by atoms with Gasteiger partial charge in [-0.3, -0.25) is 19.0 Å². The number of nitrogens with zero attached hydrogens (tertiary/aromatic N) is 1. The van der Waals surface area contributed by atoms with E-state index >= 15 is 0 Å². The maximum atomic E-state index is 14.6. The van der Waals surface area contributed by atoms with Crippen LogP contribution in [-0.2, 0) is 4.79 Å². The Bertz CT molecular complexity index is 2050. The van der Waals surface area contributed by atoms with Crippen molar-refractivity contribution in [2.75, 3.05) is 5.32 Å². The van der Waals surface area contributed by atoms with E-state index in [0.29, 0.717) is 11.3 Å². The molecule has 228 valence electrons. The molecule has 0 bridgehead atoms. The van der Waals surface area contributed by atoms with Crippen molar-refractivity contribution in [3.8, 4) is 0 Å². The van der Waals surface area contributed by atoms with Crippen molar-refractivity contribution in [1.29, 1.82) is 0 Å². The number of thioether (sulfide) groups is 1. The molecule has 6 rings (SSSR count). The first-order valence-electron chi connectivity index (χ1n) is 14.4. The molecule has 0 fully saturated rings. The summed E-state index contributed by atoms with van der Waals surface area (Å²) in [5.74, 6) is -1.89. The zero-order valence-corrected chi connectivity index (χ0v) is 26.1. The van der Waals surface area contributed by atoms with Gasteiger partial charge in [0.1, 0.15) is 11.5 Å². The van der Waals surface area contributed by atoms with E-state index in [1.807, 2.05) is 55.5 Å². The van der Waals surface area contributed by atoms with E-state index in [4.69, 9.17) is 11.6 Å². The summed E-state index contributed by atoms with van der Waals surface area (Å²) in [6, 6.07) is 35.3. The average molecular weight is 648 g/mol.